The molecule has 0 aliphatic carbocycles. The van der Waals surface area contributed by atoms with Crippen molar-refractivity contribution in [2.75, 3.05) is 49.7 Å². The lowest BCUT2D eigenvalue weighted by molar-refractivity contribution is 0.174. The predicted octanol–water partition coefficient (Wildman–Crippen LogP) is 4.27. The third kappa shape index (κ3) is 4.33. The molecular formula is C24H28N4O3S. The highest BCUT2D eigenvalue weighted by atomic mass is 32.1. The van der Waals surface area contributed by atoms with Gasteiger partial charge < -0.3 is 20.1 Å². The number of piperazine rings is 1. The predicted molar refractivity (Wildman–Crippen MR) is 129 cm³/mol. The van der Waals surface area contributed by atoms with Crippen molar-refractivity contribution < 1.29 is 14.3 Å². The number of amides is 2. The van der Waals surface area contributed by atoms with Crippen molar-refractivity contribution in [2.45, 2.75) is 19.3 Å². The number of thiophene rings is 1. The Labute approximate surface area is 191 Å². The van der Waals surface area contributed by atoms with Gasteiger partial charge in [-0.15, -0.1) is 11.3 Å². The molecule has 0 atom stereocenters. The van der Waals surface area contributed by atoms with Gasteiger partial charge in [-0.2, -0.15) is 0 Å². The van der Waals surface area contributed by atoms with Gasteiger partial charge in [-0.05, 0) is 55.0 Å². The van der Waals surface area contributed by atoms with Crippen molar-refractivity contribution in [2.24, 2.45) is 5.73 Å². The molecule has 2 aliphatic rings. The maximum absolute atomic E-state index is 11.4. The topological polar surface area (TPSA) is 80.1 Å². The van der Waals surface area contributed by atoms with Gasteiger partial charge in [0.25, 0.3) is 0 Å². The molecule has 2 aliphatic heterocycles. The summed E-state index contributed by atoms with van der Waals surface area (Å²) < 4.78 is 12.4. The van der Waals surface area contributed by atoms with Crippen molar-refractivity contribution in [3.63, 3.8) is 0 Å². The molecule has 0 radical (unpaired) electrons. The second-order valence-corrected chi connectivity index (χ2v) is 9.24. The summed E-state index contributed by atoms with van der Waals surface area (Å²) in [5.74, 6) is 1.72. The summed E-state index contributed by atoms with van der Waals surface area (Å²) >= 11 is 1.60. The maximum Gasteiger partial charge on any atom is 0.317 e. The number of rotatable bonds is 7. The number of benzene rings is 2. The van der Waals surface area contributed by atoms with Crippen LogP contribution in [0.25, 0.3) is 10.1 Å². The lowest BCUT2D eigenvalue weighted by atomic mass is 10.1. The maximum atomic E-state index is 11.4. The minimum atomic E-state index is -0.503. The first kappa shape index (κ1) is 20.9. The first-order chi connectivity index (χ1) is 15.7. The number of para-hydroxylation sites is 1. The highest BCUT2D eigenvalue weighted by Gasteiger charge is 2.24. The standard InChI is InChI=1S/C24H28N4O3S/c25-24(29)26-23-18(17-6-1-2-10-21(17)32-23)7-3-4-11-27-12-14-28(15-13-27)19-8-5-9-20-22(19)31-16-30-20/h1-2,5-6,8-10H,3-4,7,11-16H2,(H3,25,26,29). The number of urea groups is 1. The molecule has 1 aromatic heterocycles. The van der Waals surface area contributed by atoms with Crippen LogP contribution < -0.4 is 25.4 Å². The highest BCUT2D eigenvalue weighted by Crippen LogP contribution is 2.41. The smallest absolute Gasteiger partial charge is 0.317 e. The van der Waals surface area contributed by atoms with Crippen molar-refractivity contribution in [1.29, 1.82) is 0 Å². The van der Waals surface area contributed by atoms with E-state index in [0.717, 1.165) is 74.2 Å². The summed E-state index contributed by atoms with van der Waals surface area (Å²) in [6, 6.07) is 13.9. The minimum absolute atomic E-state index is 0.308. The fraction of sp³-hybridized carbons (Fsp3) is 0.375. The molecule has 1 fully saturated rings. The average molecular weight is 453 g/mol. The molecule has 7 nitrogen and oxygen atoms in total. The molecular weight excluding hydrogens is 424 g/mol. The summed E-state index contributed by atoms with van der Waals surface area (Å²) in [7, 11) is 0. The van der Waals surface area contributed by atoms with Crippen LogP contribution in [0.4, 0.5) is 15.5 Å². The number of fused-ring (bicyclic) bond motifs is 2. The molecule has 5 rings (SSSR count). The monoisotopic (exact) mass is 452 g/mol. The van der Waals surface area contributed by atoms with E-state index in [2.05, 4.69) is 33.3 Å². The first-order valence-corrected chi connectivity index (χ1v) is 11.9. The Balaban J connectivity index is 1.13. The molecule has 168 valence electrons. The Hall–Kier alpha value is -2.97. The molecule has 0 bridgehead atoms. The zero-order valence-corrected chi connectivity index (χ0v) is 18.8. The van der Waals surface area contributed by atoms with Crippen molar-refractivity contribution in [3.05, 3.63) is 48.0 Å². The molecule has 2 amide bonds. The third-order valence-electron chi connectivity index (χ3n) is 6.17. The number of nitrogens with zero attached hydrogens (tertiary/aromatic N) is 2. The van der Waals surface area contributed by atoms with Crippen LogP contribution in [0.1, 0.15) is 18.4 Å². The number of ether oxygens (including phenoxy) is 2. The van der Waals surface area contributed by atoms with Crippen LogP contribution in [0.15, 0.2) is 42.5 Å². The molecule has 0 unspecified atom stereocenters. The van der Waals surface area contributed by atoms with E-state index in [1.165, 1.54) is 15.6 Å². The Morgan fingerprint density at radius 1 is 1.03 bits per heavy atom. The van der Waals surface area contributed by atoms with Crippen LogP contribution in [-0.2, 0) is 6.42 Å². The molecule has 3 N–H and O–H groups in total. The number of nitrogens with one attached hydrogen (secondary N) is 1. The van der Waals surface area contributed by atoms with Gasteiger partial charge in [-0.25, -0.2) is 4.79 Å². The summed E-state index contributed by atoms with van der Waals surface area (Å²) in [4.78, 5) is 16.3. The molecule has 8 heteroatoms. The number of hydrogen-bond donors (Lipinski definition) is 2. The first-order valence-electron chi connectivity index (χ1n) is 11.1. The lowest BCUT2D eigenvalue weighted by Gasteiger charge is -2.36. The van der Waals surface area contributed by atoms with Gasteiger partial charge in [0.05, 0.1) is 5.69 Å². The zero-order chi connectivity index (χ0) is 21.9. The van der Waals surface area contributed by atoms with E-state index in [-0.39, 0.29) is 0 Å². The van der Waals surface area contributed by atoms with E-state index >= 15 is 0 Å². The highest BCUT2D eigenvalue weighted by molar-refractivity contribution is 7.23. The number of unbranched alkanes of at least 4 members (excludes halogenated alkanes) is 1. The van der Waals surface area contributed by atoms with Crippen LogP contribution in [0.3, 0.4) is 0 Å². The van der Waals surface area contributed by atoms with Crippen LogP contribution in [0.5, 0.6) is 11.5 Å². The van der Waals surface area contributed by atoms with Gasteiger partial charge in [0.1, 0.15) is 5.00 Å². The Kier molecular flexibility index (Phi) is 6.05. The van der Waals surface area contributed by atoms with Gasteiger partial charge in [0.2, 0.25) is 6.79 Å². The number of carbonyl (C=O) groups excluding carboxylic acids is 1. The van der Waals surface area contributed by atoms with Crippen LogP contribution in [0.2, 0.25) is 0 Å². The van der Waals surface area contributed by atoms with Crippen LogP contribution in [0, 0.1) is 0 Å². The summed E-state index contributed by atoms with van der Waals surface area (Å²) in [5.41, 5.74) is 7.72. The fourth-order valence-electron chi connectivity index (χ4n) is 4.57. The Morgan fingerprint density at radius 2 is 1.88 bits per heavy atom. The number of aryl methyl sites for hydroxylation is 1. The summed E-state index contributed by atoms with van der Waals surface area (Å²) in [6.07, 6.45) is 3.14. The Morgan fingerprint density at radius 3 is 2.72 bits per heavy atom. The largest absolute Gasteiger partial charge is 0.454 e. The Bertz CT molecular complexity index is 1110. The van der Waals surface area contributed by atoms with Gasteiger partial charge in [-0.3, -0.25) is 10.2 Å². The average Bonchev–Trinajstić information content (AvgIpc) is 3.41. The van der Waals surface area contributed by atoms with Crippen LogP contribution >= 0.6 is 11.3 Å². The van der Waals surface area contributed by atoms with E-state index in [1.54, 1.807) is 11.3 Å². The van der Waals surface area contributed by atoms with E-state index in [0.29, 0.717) is 6.79 Å². The fourth-order valence-corrected chi connectivity index (χ4v) is 5.73. The normalized spacial score (nSPS) is 15.9. The molecule has 3 heterocycles. The van der Waals surface area contributed by atoms with Crippen molar-refractivity contribution >= 4 is 38.1 Å². The third-order valence-corrected chi connectivity index (χ3v) is 7.30. The molecule has 0 spiro atoms. The molecule has 2 aromatic carbocycles. The van der Waals surface area contributed by atoms with Gasteiger partial charge >= 0.3 is 6.03 Å². The van der Waals surface area contributed by atoms with Gasteiger partial charge in [-0.1, -0.05) is 24.3 Å². The quantitative estimate of drug-likeness (QED) is 0.524. The van der Waals surface area contributed by atoms with E-state index < -0.39 is 6.03 Å². The van der Waals surface area contributed by atoms with Crippen molar-refractivity contribution in [1.82, 2.24) is 4.90 Å². The van der Waals surface area contributed by atoms with Crippen LogP contribution in [-0.4, -0.2) is 50.4 Å². The second-order valence-electron chi connectivity index (χ2n) is 8.19. The van der Waals surface area contributed by atoms with Crippen molar-refractivity contribution in [3.8, 4) is 11.5 Å². The molecule has 1 saturated heterocycles. The molecule has 0 saturated carbocycles. The lowest BCUT2D eigenvalue weighted by Crippen LogP contribution is -2.46. The number of primary amides is 1. The molecule has 3 aromatic rings. The molecule has 32 heavy (non-hydrogen) atoms. The SMILES string of the molecule is NC(=O)Nc1sc2ccccc2c1CCCCN1CCN(c2cccc3c2OCO3)CC1. The summed E-state index contributed by atoms with van der Waals surface area (Å²) in [5, 5.41) is 4.92. The minimum Gasteiger partial charge on any atom is -0.454 e. The number of anilines is 2. The zero-order valence-electron chi connectivity index (χ0n) is 18.0. The number of nitrogens with two attached hydrogens (primary N) is 1. The van der Waals surface area contributed by atoms with Gasteiger partial charge in [0.15, 0.2) is 11.5 Å². The van der Waals surface area contributed by atoms with E-state index in [1.807, 2.05) is 24.3 Å². The second kappa shape index (κ2) is 9.26. The number of hydrogen-bond acceptors (Lipinski definition) is 6. The van der Waals surface area contributed by atoms with Gasteiger partial charge in [0, 0.05) is 30.9 Å². The van der Waals surface area contributed by atoms with E-state index in [9.17, 15) is 4.79 Å². The van der Waals surface area contributed by atoms with E-state index in [4.69, 9.17) is 15.2 Å². The number of carbonyl (C=O) groups is 1. The summed E-state index contributed by atoms with van der Waals surface area (Å²) in [6.45, 7) is 5.45.